The number of aromatic nitrogens is 3. The Hall–Kier alpha value is -3.57. The van der Waals surface area contributed by atoms with Crippen molar-refractivity contribution in [3.63, 3.8) is 0 Å². The zero-order valence-electron chi connectivity index (χ0n) is 24.8. The summed E-state index contributed by atoms with van der Waals surface area (Å²) in [6.07, 6.45) is 3.99. The van der Waals surface area contributed by atoms with Crippen molar-refractivity contribution in [1.29, 1.82) is 0 Å². The number of fused-ring (bicyclic) bond motifs is 2. The second kappa shape index (κ2) is 11.3. The van der Waals surface area contributed by atoms with E-state index in [1.54, 1.807) is 15.7 Å². The number of carbonyl (C=O) groups excluding carboxylic acids is 3. The van der Waals surface area contributed by atoms with E-state index in [1.165, 1.54) is 11.0 Å². The van der Waals surface area contributed by atoms with Crippen LogP contribution in [0.2, 0.25) is 0 Å². The lowest BCUT2D eigenvalue weighted by Gasteiger charge is -2.39. The zero-order valence-corrected chi connectivity index (χ0v) is 24.8. The number of likely N-dealkylation sites (tertiary alicyclic amines) is 1. The van der Waals surface area contributed by atoms with Gasteiger partial charge in [-0.15, -0.1) is 11.7 Å². The van der Waals surface area contributed by atoms with Gasteiger partial charge in [0.1, 0.15) is 36.4 Å². The molecule has 3 saturated heterocycles. The molecule has 0 aliphatic carbocycles. The van der Waals surface area contributed by atoms with Crippen LogP contribution in [0.1, 0.15) is 40.5 Å². The lowest BCUT2D eigenvalue weighted by atomic mass is 9.62. The van der Waals surface area contributed by atoms with Crippen LogP contribution in [-0.2, 0) is 30.5 Å². The highest BCUT2D eigenvalue weighted by Gasteiger charge is 2.80. The van der Waals surface area contributed by atoms with Crippen LogP contribution >= 0.6 is 0 Å². The second-order valence-electron chi connectivity index (χ2n) is 12.4. The number of aliphatic hydroxyl groups is 1. The summed E-state index contributed by atoms with van der Waals surface area (Å²) < 4.78 is 13.9. The van der Waals surface area contributed by atoms with E-state index in [0.717, 1.165) is 5.52 Å². The Bertz CT molecular complexity index is 1390. The molecule has 4 heterocycles. The molecule has 11 nitrogen and oxygen atoms in total. The summed E-state index contributed by atoms with van der Waals surface area (Å²) in [5, 5.41) is 19.0. The van der Waals surface area contributed by atoms with Gasteiger partial charge in [0.25, 0.3) is 0 Å². The Labute approximate surface area is 246 Å². The van der Waals surface area contributed by atoms with E-state index >= 15 is 0 Å². The van der Waals surface area contributed by atoms with Crippen molar-refractivity contribution >= 4 is 28.8 Å². The molecule has 1 aromatic carbocycles. The van der Waals surface area contributed by atoms with Crippen molar-refractivity contribution in [2.24, 2.45) is 23.7 Å². The smallest absolute Gasteiger partial charge is 0.313 e. The Kier molecular flexibility index (Phi) is 8.02. The second-order valence-corrected chi connectivity index (χ2v) is 12.4. The average Bonchev–Trinajstić information content (AvgIpc) is 3.63. The van der Waals surface area contributed by atoms with E-state index in [0.29, 0.717) is 18.4 Å². The van der Waals surface area contributed by atoms with Crippen LogP contribution in [0.15, 0.2) is 49.6 Å². The lowest BCUT2D eigenvalue weighted by molar-refractivity contribution is -0.163. The standard InChI is InChI=1S/C31H41N5O6/c1-7-13-34(18-35-23-12-10-9-11-22(23)32-33-35)28(39)26-31-16-20(5)30(6,42-31)25(29(40)41-14-8-2)24(31)27(38)36(26)21(17-37)15-19(3)4/h7-12,19-21,24-26,37H,1-2,13-18H2,3-6H3/t20?,21-,24+,25+,26?,30-,31?/m1/s1. The maximum absolute atomic E-state index is 14.8. The molecule has 0 radical (unpaired) electrons. The summed E-state index contributed by atoms with van der Waals surface area (Å²) in [4.78, 5) is 45.8. The van der Waals surface area contributed by atoms with Crippen molar-refractivity contribution < 1.29 is 29.0 Å². The number of para-hydroxylation sites is 1. The Morgan fingerprint density at radius 3 is 2.69 bits per heavy atom. The van der Waals surface area contributed by atoms with Gasteiger partial charge in [0, 0.05) is 6.54 Å². The minimum atomic E-state index is -1.27. The van der Waals surface area contributed by atoms with Crippen LogP contribution < -0.4 is 0 Å². The minimum Gasteiger partial charge on any atom is -0.461 e. The molecule has 226 valence electrons. The molecule has 3 fully saturated rings. The van der Waals surface area contributed by atoms with E-state index in [-0.39, 0.29) is 50.1 Å². The molecule has 3 aliphatic rings. The van der Waals surface area contributed by atoms with Gasteiger partial charge in [-0.25, -0.2) is 4.68 Å². The van der Waals surface area contributed by atoms with Crippen molar-refractivity contribution in [3.05, 3.63) is 49.6 Å². The summed E-state index contributed by atoms with van der Waals surface area (Å²) >= 11 is 0. The highest BCUT2D eigenvalue weighted by molar-refractivity contribution is 5.98. The minimum absolute atomic E-state index is 0.00532. The summed E-state index contributed by atoms with van der Waals surface area (Å²) in [6, 6.07) is 5.75. The van der Waals surface area contributed by atoms with Crippen molar-refractivity contribution in [1.82, 2.24) is 24.8 Å². The first-order chi connectivity index (χ1) is 20.0. The molecule has 0 saturated carbocycles. The van der Waals surface area contributed by atoms with Crippen LogP contribution in [0.25, 0.3) is 11.0 Å². The molecule has 1 spiro atoms. The van der Waals surface area contributed by atoms with Crippen molar-refractivity contribution in [3.8, 4) is 0 Å². The fourth-order valence-electron chi connectivity index (χ4n) is 7.49. The highest BCUT2D eigenvalue weighted by Crippen LogP contribution is 2.65. The predicted octanol–water partition coefficient (Wildman–Crippen LogP) is 2.55. The molecule has 11 heteroatoms. The van der Waals surface area contributed by atoms with Crippen LogP contribution in [0, 0.1) is 23.7 Å². The summed E-state index contributed by atoms with van der Waals surface area (Å²) in [6.45, 7) is 15.2. The van der Waals surface area contributed by atoms with E-state index in [9.17, 15) is 19.5 Å². The number of rotatable bonds is 12. The molecule has 2 bridgehead atoms. The normalized spacial score (nSPS) is 30.5. The van der Waals surface area contributed by atoms with Crippen molar-refractivity contribution in [2.75, 3.05) is 19.8 Å². The molecule has 3 aliphatic heterocycles. The Morgan fingerprint density at radius 2 is 2.02 bits per heavy atom. The molecule has 42 heavy (non-hydrogen) atoms. The summed E-state index contributed by atoms with van der Waals surface area (Å²) in [5.41, 5.74) is -0.819. The van der Waals surface area contributed by atoms with Gasteiger partial charge >= 0.3 is 5.97 Å². The SMILES string of the molecule is C=CCOC(=O)[C@@H]1[C@H]2C(=O)N([C@@H](CO)CC(C)C)C(C(=O)N(CC=C)Cn3nnc4ccccc43)C23CC(C)[C@@]1(C)O3. The number of hydrogen-bond acceptors (Lipinski definition) is 8. The van der Waals surface area contributed by atoms with Crippen LogP contribution in [0.4, 0.5) is 0 Å². The third-order valence-electron chi connectivity index (χ3n) is 9.32. The number of benzene rings is 1. The average molecular weight is 580 g/mol. The molecule has 7 atom stereocenters. The number of amides is 2. The number of nitrogens with zero attached hydrogens (tertiary/aromatic N) is 5. The zero-order chi connectivity index (χ0) is 30.4. The fraction of sp³-hybridized carbons (Fsp3) is 0.581. The van der Waals surface area contributed by atoms with E-state index in [4.69, 9.17) is 9.47 Å². The van der Waals surface area contributed by atoms with Gasteiger partial charge < -0.3 is 24.4 Å². The summed E-state index contributed by atoms with van der Waals surface area (Å²) in [5.74, 6) is -3.10. The van der Waals surface area contributed by atoms with E-state index < -0.39 is 41.1 Å². The first kappa shape index (κ1) is 29.9. The van der Waals surface area contributed by atoms with Gasteiger partial charge in [0.15, 0.2) is 0 Å². The van der Waals surface area contributed by atoms with Gasteiger partial charge in [-0.1, -0.05) is 56.8 Å². The number of carbonyl (C=O) groups is 3. The maximum atomic E-state index is 14.8. The molecule has 5 rings (SSSR count). The highest BCUT2D eigenvalue weighted by atomic mass is 16.6. The third-order valence-corrected chi connectivity index (χ3v) is 9.32. The topological polar surface area (TPSA) is 127 Å². The number of aliphatic hydroxyl groups excluding tert-OH is 1. The van der Waals surface area contributed by atoms with Gasteiger partial charge in [-0.3, -0.25) is 14.4 Å². The summed E-state index contributed by atoms with van der Waals surface area (Å²) in [7, 11) is 0. The largest absolute Gasteiger partial charge is 0.461 e. The maximum Gasteiger partial charge on any atom is 0.313 e. The Balaban J connectivity index is 1.60. The molecule has 1 aromatic heterocycles. The quantitative estimate of drug-likeness (QED) is 0.300. The molecule has 3 unspecified atom stereocenters. The van der Waals surface area contributed by atoms with Crippen LogP contribution in [0.5, 0.6) is 0 Å². The molecule has 1 N–H and O–H groups in total. The lowest BCUT2D eigenvalue weighted by Crippen LogP contribution is -2.59. The number of esters is 1. The van der Waals surface area contributed by atoms with Crippen LogP contribution in [0.3, 0.4) is 0 Å². The van der Waals surface area contributed by atoms with Gasteiger partial charge in [-0.2, -0.15) is 0 Å². The fourth-order valence-corrected chi connectivity index (χ4v) is 7.49. The van der Waals surface area contributed by atoms with E-state index in [2.05, 4.69) is 23.5 Å². The van der Waals surface area contributed by atoms with E-state index in [1.807, 2.05) is 52.0 Å². The predicted molar refractivity (Wildman–Crippen MR) is 155 cm³/mol. The molecule has 2 aromatic rings. The first-order valence-electron chi connectivity index (χ1n) is 14.6. The van der Waals surface area contributed by atoms with Crippen molar-refractivity contribution in [2.45, 2.75) is 70.5 Å². The van der Waals surface area contributed by atoms with Gasteiger partial charge in [0.05, 0.1) is 29.7 Å². The molecular formula is C31H41N5O6. The Morgan fingerprint density at radius 1 is 1.29 bits per heavy atom. The monoisotopic (exact) mass is 579 g/mol. The third kappa shape index (κ3) is 4.53. The number of ether oxygens (including phenoxy) is 2. The molecule has 2 amide bonds. The van der Waals surface area contributed by atoms with Gasteiger partial charge in [0.2, 0.25) is 11.8 Å². The van der Waals surface area contributed by atoms with Crippen LogP contribution in [-0.4, -0.2) is 90.7 Å². The van der Waals surface area contributed by atoms with Gasteiger partial charge in [-0.05, 0) is 43.7 Å². The first-order valence-corrected chi connectivity index (χ1v) is 14.6. The number of hydrogen-bond donors (Lipinski definition) is 1. The molecular weight excluding hydrogens is 538 g/mol.